The molecule has 0 atom stereocenters. The number of nitrogens with zero attached hydrogens (tertiary/aromatic N) is 3. The Labute approximate surface area is 180 Å². The number of nitrogens with one attached hydrogen (secondary N) is 1. The number of anilines is 2. The van der Waals surface area contributed by atoms with Crippen molar-refractivity contribution < 1.29 is 4.79 Å². The highest BCUT2D eigenvalue weighted by atomic mass is 35.5. The largest absolute Gasteiger partial charge is 0.355 e. The van der Waals surface area contributed by atoms with Crippen molar-refractivity contribution in [2.75, 3.05) is 23.3 Å². The van der Waals surface area contributed by atoms with Gasteiger partial charge in [0, 0.05) is 29.2 Å². The fraction of sp³-hybridized carbons (Fsp3) is 0.348. The lowest BCUT2D eigenvalue weighted by Crippen LogP contribution is -2.33. The molecule has 30 heavy (non-hydrogen) atoms. The number of carbonyl (C=O) groups is 1. The van der Waals surface area contributed by atoms with Gasteiger partial charge in [0.05, 0.1) is 5.39 Å². The molecule has 6 nitrogen and oxygen atoms in total. The minimum Gasteiger partial charge on any atom is -0.355 e. The summed E-state index contributed by atoms with van der Waals surface area (Å²) in [7, 11) is 0. The van der Waals surface area contributed by atoms with Gasteiger partial charge in [-0.1, -0.05) is 48.7 Å². The molecule has 0 aliphatic carbocycles. The molecule has 156 valence electrons. The van der Waals surface area contributed by atoms with Crippen molar-refractivity contribution in [2.45, 2.75) is 39.2 Å². The Balaban J connectivity index is 1.68. The maximum absolute atomic E-state index is 13.0. The Bertz CT molecular complexity index is 1130. The number of halogens is 1. The molecule has 1 aliphatic rings. The van der Waals surface area contributed by atoms with Gasteiger partial charge in [0.1, 0.15) is 6.54 Å². The van der Waals surface area contributed by atoms with Crippen molar-refractivity contribution in [3.8, 4) is 0 Å². The first-order valence-corrected chi connectivity index (χ1v) is 10.7. The van der Waals surface area contributed by atoms with Gasteiger partial charge < -0.3 is 10.2 Å². The van der Waals surface area contributed by atoms with Gasteiger partial charge in [-0.3, -0.25) is 9.59 Å². The highest BCUT2D eigenvalue weighted by Crippen LogP contribution is 2.25. The van der Waals surface area contributed by atoms with Gasteiger partial charge >= 0.3 is 0 Å². The summed E-state index contributed by atoms with van der Waals surface area (Å²) < 4.78 is 1.28. The van der Waals surface area contributed by atoms with Crippen molar-refractivity contribution in [2.24, 2.45) is 0 Å². The summed E-state index contributed by atoms with van der Waals surface area (Å²) in [5.41, 5.74) is 1.16. The van der Waals surface area contributed by atoms with Crippen LogP contribution in [0.2, 0.25) is 5.02 Å². The molecular formula is C23H25ClN4O2. The summed E-state index contributed by atoms with van der Waals surface area (Å²) in [5.74, 6) is 0.464. The molecule has 7 heteroatoms. The summed E-state index contributed by atoms with van der Waals surface area (Å²) in [6, 6.07) is 12.8. The predicted molar refractivity (Wildman–Crippen MR) is 122 cm³/mol. The Hall–Kier alpha value is -2.86. The number of rotatable bonds is 4. The van der Waals surface area contributed by atoms with E-state index in [0.717, 1.165) is 42.7 Å². The summed E-state index contributed by atoms with van der Waals surface area (Å²) in [6.07, 6.45) is 4.61. The number of hydrogen-bond acceptors (Lipinski definition) is 4. The molecular weight excluding hydrogens is 400 g/mol. The highest BCUT2D eigenvalue weighted by Gasteiger charge is 2.19. The molecule has 4 rings (SSSR count). The van der Waals surface area contributed by atoms with Crippen LogP contribution in [0.25, 0.3) is 10.8 Å². The van der Waals surface area contributed by atoms with E-state index in [-0.39, 0.29) is 18.0 Å². The number of aromatic nitrogens is 2. The maximum atomic E-state index is 13.0. The van der Waals surface area contributed by atoms with Crippen LogP contribution in [0.15, 0.2) is 47.3 Å². The number of benzene rings is 2. The molecule has 1 N–H and O–H groups in total. The van der Waals surface area contributed by atoms with Crippen LogP contribution in [-0.4, -0.2) is 28.8 Å². The quantitative estimate of drug-likeness (QED) is 0.675. The zero-order valence-electron chi connectivity index (χ0n) is 17.0. The SMILES string of the molecule is Cc1c(Cl)cccc1NC(=O)Cn1nc(N2CCCCCC2)c2ccccc2c1=O. The second kappa shape index (κ2) is 8.88. The minimum atomic E-state index is -0.313. The van der Waals surface area contributed by atoms with E-state index in [1.807, 2.05) is 25.1 Å². The van der Waals surface area contributed by atoms with E-state index in [2.05, 4.69) is 15.3 Å². The first-order valence-electron chi connectivity index (χ1n) is 10.3. The standard InChI is InChI=1S/C23H25ClN4O2/c1-16-19(24)11-8-12-20(16)25-21(29)15-28-23(30)18-10-5-4-9-17(18)22(26-28)27-13-6-2-3-7-14-27/h4-5,8-12H,2-3,6-7,13-15H2,1H3,(H,25,29). The van der Waals surface area contributed by atoms with Crippen molar-refractivity contribution in [1.82, 2.24) is 9.78 Å². The average molecular weight is 425 g/mol. The molecule has 2 aromatic carbocycles. The molecule has 1 aliphatic heterocycles. The van der Waals surface area contributed by atoms with E-state index in [9.17, 15) is 9.59 Å². The van der Waals surface area contributed by atoms with Gasteiger partial charge in [0.25, 0.3) is 5.56 Å². The van der Waals surface area contributed by atoms with Crippen molar-refractivity contribution in [1.29, 1.82) is 0 Å². The van der Waals surface area contributed by atoms with Crippen LogP contribution in [0.1, 0.15) is 31.2 Å². The molecule has 0 unspecified atom stereocenters. The van der Waals surface area contributed by atoms with Crippen LogP contribution < -0.4 is 15.8 Å². The highest BCUT2D eigenvalue weighted by molar-refractivity contribution is 6.31. The molecule has 0 spiro atoms. The summed E-state index contributed by atoms with van der Waals surface area (Å²) in [5, 5.41) is 9.48. The molecule has 0 radical (unpaired) electrons. The van der Waals surface area contributed by atoms with Gasteiger partial charge in [-0.05, 0) is 43.5 Å². The Kier molecular flexibility index (Phi) is 6.04. The zero-order chi connectivity index (χ0) is 21.1. The van der Waals surface area contributed by atoms with Crippen LogP contribution in [0.4, 0.5) is 11.5 Å². The van der Waals surface area contributed by atoms with E-state index in [1.165, 1.54) is 17.5 Å². The van der Waals surface area contributed by atoms with Crippen LogP contribution in [-0.2, 0) is 11.3 Å². The lowest BCUT2D eigenvalue weighted by Gasteiger charge is -2.23. The zero-order valence-corrected chi connectivity index (χ0v) is 17.8. The topological polar surface area (TPSA) is 67.2 Å². The van der Waals surface area contributed by atoms with E-state index >= 15 is 0 Å². The molecule has 0 saturated carbocycles. The normalized spacial score (nSPS) is 14.5. The number of amides is 1. The van der Waals surface area contributed by atoms with E-state index in [4.69, 9.17) is 11.6 Å². The van der Waals surface area contributed by atoms with E-state index in [1.54, 1.807) is 24.3 Å². The molecule has 1 saturated heterocycles. The van der Waals surface area contributed by atoms with Crippen LogP contribution in [0.3, 0.4) is 0 Å². The van der Waals surface area contributed by atoms with Gasteiger partial charge in [0.2, 0.25) is 5.91 Å². The average Bonchev–Trinajstić information content (AvgIpc) is 3.03. The second-order valence-corrected chi connectivity index (χ2v) is 8.10. The Morgan fingerprint density at radius 3 is 2.47 bits per heavy atom. The van der Waals surface area contributed by atoms with Gasteiger partial charge in [-0.15, -0.1) is 0 Å². The third-order valence-corrected chi connectivity index (χ3v) is 6.00. The fourth-order valence-corrected chi connectivity index (χ4v) is 4.08. The fourth-order valence-electron chi connectivity index (χ4n) is 3.91. The molecule has 1 aromatic heterocycles. The van der Waals surface area contributed by atoms with Crippen LogP contribution in [0.5, 0.6) is 0 Å². The lowest BCUT2D eigenvalue weighted by molar-refractivity contribution is -0.117. The number of hydrogen-bond donors (Lipinski definition) is 1. The molecule has 2 heterocycles. The summed E-state index contributed by atoms with van der Waals surface area (Å²) in [4.78, 5) is 28.0. The van der Waals surface area contributed by atoms with Crippen LogP contribution in [0, 0.1) is 6.92 Å². The maximum Gasteiger partial charge on any atom is 0.275 e. The molecule has 1 fully saturated rings. The first-order chi connectivity index (χ1) is 14.5. The lowest BCUT2D eigenvalue weighted by atomic mass is 10.1. The van der Waals surface area contributed by atoms with Gasteiger partial charge in [-0.25, -0.2) is 4.68 Å². The minimum absolute atomic E-state index is 0.156. The van der Waals surface area contributed by atoms with Crippen molar-refractivity contribution >= 4 is 39.8 Å². The van der Waals surface area contributed by atoms with E-state index in [0.29, 0.717) is 16.1 Å². The molecule has 0 bridgehead atoms. The van der Waals surface area contributed by atoms with Gasteiger partial charge in [-0.2, -0.15) is 5.10 Å². The predicted octanol–water partition coefficient (Wildman–Crippen LogP) is 4.38. The summed E-state index contributed by atoms with van der Waals surface area (Å²) in [6.45, 7) is 3.50. The first kappa shape index (κ1) is 20.4. The monoisotopic (exact) mass is 424 g/mol. The third kappa shape index (κ3) is 4.19. The van der Waals surface area contributed by atoms with Gasteiger partial charge in [0.15, 0.2) is 5.82 Å². The smallest absolute Gasteiger partial charge is 0.275 e. The number of carbonyl (C=O) groups excluding carboxylic acids is 1. The van der Waals surface area contributed by atoms with Crippen molar-refractivity contribution in [3.05, 3.63) is 63.4 Å². The Morgan fingerprint density at radius 2 is 1.73 bits per heavy atom. The molecule has 3 aromatic rings. The Morgan fingerprint density at radius 1 is 1.03 bits per heavy atom. The van der Waals surface area contributed by atoms with E-state index < -0.39 is 0 Å². The van der Waals surface area contributed by atoms with Crippen molar-refractivity contribution in [3.63, 3.8) is 0 Å². The second-order valence-electron chi connectivity index (χ2n) is 7.69. The van der Waals surface area contributed by atoms with Crippen LogP contribution >= 0.6 is 11.6 Å². The summed E-state index contributed by atoms with van der Waals surface area (Å²) >= 11 is 6.14. The molecule has 1 amide bonds. The number of fused-ring (bicyclic) bond motifs is 1. The third-order valence-electron chi connectivity index (χ3n) is 5.59.